The Morgan fingerprint density at radius 1 is 0.541 bits per heavy atom. The van der Waals surface area contributed by atoms with Gasteiger partial charge in [-0.1, -0.05) is 128 Å². The Morgan fingerprint density at radius 3 is 1.85 bits per heavy atom. The van der Waals surface area contributed by atoms with Gasteiger partial charge in [-0.25, -0.2) is 4.68 Å². The molecule has 4 N–H and O–H groups in total. The number of hydrogen-bond acceptors (Lipinski definition) is 11. The summed E-state index contributed by atoms with van der Waals surface area (Å²) in [6, 6.07) is 80.7. The van der Waals surface area contributed by atoms with Crippen LogP contribution in [0.1, 0.15) is 32.6 Å². The number of benzene rings is 11. The zero-order chi connectivity index (χ0) is 58.1. The molecule has 0 aliphatic carbocycles. The predicted molar refractivity (Wildman–Crippen MR) is 348 cm³/mol. The van der Waals surface area contributed by atoms with E-state index in [9.17, 15) is 4.79 Å². The number of aromatic nitrogens is 2. The maximum atomic E-state index is 14.0. The van der Waals surface area contributed by atoms with Crippen LogP contribution in [0, 0.1) is 6.92 Å². The van der Waals surface area contributed by atoms with E-state index in [2.05, 4.69) is 62.7 Å². The Balaban J connectivity index is 0.768. The molecule has 1 amide bonds. The minimum atomic E-state index is -0.240. The van der Waals surface area contributed by atoms with E-state index in [0.29, 0.717) is 45.3 Å². The first kappa shape index (κ1) is 53.9. The molecule has 85 heavy (non-hydrogen) atoms. The van der Waals surface area contributed by atoms with Crippen LogP contribution in [0.2, 0.25) is 0 Å². The highest BCUT2D eigenvalue weighted by molar-refractivity contribution is 6.10. The van der Waals surface area contributed by atoms with Gasteiger partial charge in [-0.15, -0.1) is 10.2 Å². The first-order valence-corrected chi connectivity index (χ1v) is 27.6. The molecule has 1 aromatic heterocycles. The van der Waals surface area contributed by atoms with Crippen LogP contribution in [-0.4, -0.2) is 22.7 Å². The van der Waals surface area contributed by atoms with E-state index < -0.39 is 0 Å². The van der Waals surface area contributed by atoms with Crippen LogP contribution in [0.5, 0.6) is 0 Å². The van der Waals surface area contributed by atoms with E-state index in [4.69, 9.17) is 31.3 Å². The zero-order valence-electron chi connectivity index (χ0n) is 46.6. The molecular formula is C72H56N12O. The molecule has 0 saturated heterocycles. The first-order chi connectivity index (χ1) is 41.6. The third-order valence-corrected chi connectivity index (χ3v) is 14.5. The summed E-state index contributed by atoms with van der Waals surface area (Å²) in [6.07, 6.45) is 6.10. The molecule has 0 aliphatic rings. The fourth-order valence-electron chi connectivity index (χ4n) is 9.85. The molecule has 0 aliphatic heterocycles. The quantitative estimate of drug-likeness (QED) is 0.0610. The number of rotatable bonds is 17. The summed E-state index contributed by atoms with van der Waals surface area (Å²) >= 11 is 0. The SMILES string of the molecule is C=C(Nc1ccc(N=Nc2ccccc2)cc1)c1cc(N=Nc2ccc(/C=C/c3cn(-c4ccc(N)cc4)nc3-c3cccc(N=Nc4c(C)c(C(=O)Nc5ccc(N(C)c6ccccc6)cc5)cc5ccccc45)c3)cc2)c2ccccc2c1. The fourth-order valence-corrected chi connectivity index (χ4v) is 9.85. The number of para-hydroxylation sites is 1. The number of hydrogen-bond donors (Lipinski definition) is 3. The van der Waals surface area contributed by atoms with Crippen molar-refractivity contribution in [3.63, 3.8) is 0 Å². The number of nitrogens with zero attached hydrogens (tertiary/aromatic N) is 9. The van der Waals surface area contributed by atoms with Gasteiger partial charge >= 0.3 is 0 Å². The lowest BCUT2D eigenvalue weighted by molar-refractivity contribution is 0.102. The van der Waals surface area contributed by atoms with E-state index in [1.165, 1.54) is 0 Å². The van der Waals surface area contributed by atoms with Crippen molar-refractivity contribution in [3.8, 4) is 16.9 Å². The van der Waals surface area contributed by atoms with Crippen LogP contribution >= 0.6 is 0 Å². The van der Waals surface area contributed by atoms with E-state index >= 15 is 0 Å². The fraction of sp³-hybridized carbons (Fsp3) is 0.0278. The molecule has 410 valence electrons. The normalized spacial score (nSPS) is 11.6. The summed E-state index contributed by atoms with van der Waals surface area (Å²) in [4.78, 5) is 16.1. The van der Waals surface area contributed by atoms with Gasteiger partial charge in [0.15, 0.2) is 0 Å². The van der Waals surface area contributed by atoms with Gasteiger partial charge in [0, 0.05) is 80.4 Å². The van der Waals surface area contributed by atoms with Crippen LogP contribution in [0.4, 0.5) is 62.6 Å². The lowest BCUT2D eigenvalue weighted by atomic mass is 9.98. The molecule has 0 fully saturated rings. The van der Waals surface area contributed by atoms with Gasteiger partial charge < -0.3 is 21.3 Å². The number of amides is 1. The minimum Gasteiger partial charge on any atom is -0.399 e. The third kappa shape index (κ3) is 12.6. The van der Waals surface area contributed by atoms with Crippen molar-refractivity contribution in [2.45, 2.75) is 6.92 Å². The summed E-state index contributed by atoms with van der Waals surface area (Å²) in [7, 11) is 2.02. The summed E-state index contributed by atoms with van der Waals surface area (Å²) < 4.78 is 1.85. The van der Waals surface area contributed by atoms with Gasteiger partial charge in [0.2, 0.25) is 0 Å². The van der Waals surface area contributed by atoms with Crippen LogP contribution in [0.3, 0.4) is 0 Å². The Bertz CT molecular complexity index is 4520. The maximum absolute atomic E-state index is 14.0. The summed E-state index contributed by atoms with van der Waals surface area (Å²) in [6.45, 7) is 6.28. The zero-order valence-corrected chi connectivity index (χ0v) is 46.6. The summed E-state index contributed by atoms with van der Waals surface area (Å²) in [5, 5.41) is 43.2. The van der Waals surface area contributed by atoms with Crippen molar-refractivity contribution in [1.82, 2.24) is 9.78 Å². The molecule has 12 rings (SSSR count). The smallest absolute Gasteiger partial charge is 0.256 e. The number of carbonyl (C=O) groups excluding carboxylic acids is 1. The minimum absolute atomic E-state index is 0.240. The third-order valence-electron chi connectivity index (χ3n) is 14.5. The van der Waals surface area contributed by atoms with Gasteiger partial charge in [-0.3, -0.25) is 4.79 Å². The van der Waals surface area contributed by atoms with Crippen molar-refractivity contribution in [2.24, 2.45) is 30.7 Å². The number of carbonyl (C=O) groups is 1. The molecule has 0 spiro atoms. The van der Waals surface area contributed by atoms with Gasteiger partial charge in [-0.2, -0.15) is 25.6 Å². The average molecular weight is 1110 g/mol. The van der Waals surface area contributed by atoms with Crippen molar-refractivity contribution >= 4 is 108 Å². The number of anilines is 5. The molecule has 0 radical (unpaired) electrons. The maximum Gasteiger partial charge on any atom is 0.256 e. The number of nitrogens with two attached hydrogens (primary N) is 1. The Labute approximate surface area is 492 Å². The monoisotopic (exact) mass is 1100 g/mol. The van der Waals surface area contributed by atoms with E-state index in [1.54, 1.807) is 0 Å². The topological polar surface area (TPSA) is 162 Å². The second kappa shape index (κ2) is 24.6. The molecule has 0 saturated carbocycles. The molecular weight excluding hydrogens is 1050 g/mol. The van der Waals surface area contributed by atoms with Crippen molar-refractivity contribution < 1.29 is 4.79 Å². The number of nitrogen functional groups attached to an aromatic ring is 1. The number of nitrogens with one attached hydrogen (secondary N) is 2. The van der Waals surface area contributed by atoms with Gasteiger partial charge in [0.25, 0.3) is 5.91 Å². The van der Waals surface area contributed by atoms with E-state index in [1.807, 2.05) is 255 Å². The highest BCUT2D eigenvalue weighted by Gasteiger charge is 2.18. The molecule has 1 heterocycles. The highest BCUT2D eigenvalue weighted by atomic mass is 16.1. The molecule has 12 aromatic rings. The van der Waals surface area contributed by atoms with Crippen LogP contribution in [-0.2, 0) is 0 Å². The standard InChI is InChI=1S/C72H56N12O/c1-48-68(72(85)75-58-37-41-64(42-38-58)83(3)63-21-8-5-9-22-63)45-52-16-11-13-24-67(52)70(48)81-79-62-20-14-17-53(44-62)71-54(47-84(82-71)65-39-29-56(73)30-40-65)28-25-50-26-31-60(32-27-50)78-80-69-46-55(43-51-15-10-12-23-66(51)69)49(2)74-57-33-35-61(36-34-57)77-76-59-18-6-4-7-19-59/h4-47,74H,2,73H2,1,3H3,(H,75,85)/b28-25+,77-76?,80-78?,81-79?. The first-order valence-electron chi connectivity index (χ1n) is 27.6. The number of azo groups is 3. The molecule has 11 aromatic carbocycles. The molecule has 0 atom stereocenters. The lowest BCUT2D eigenvalue weighted by Crippen LogP contribution is -2.14. The summed E-state index contributed by atoms with van der Waals surface area (Å²) in [5.74, 6) is -0.240. The molecule has 13 heteroatoms. The van der Waals surface area contributed by atoms with Crippen molar-refractivity contribution in [2.75, 3.05) is 28.3 Å². The second-order valence-corrected chi connectivity index (χ2v) is 20.3. The van der Waals surface area contributed by atoms with Gasteiger partial charge in [0.05, 0.1) is 39.8 Å². The Kier molecular flexibility index (Phi) is 15.6. The van der Waals surface area contributed by atoms with E-state index in [-0.39, 0.29) is 5.91 Å². The highest BCUT2D eigenvalue weighted by Crippen LogP contribution is 2.37. The molecule has 0 bridgehead atoms. The number of fused-ring (bicyclic) bond motifs is 2. The predicted octanol–water partition coefficient (Wildman–Crippen LogP) is 20.3. The molecule has 0 unspecified atom stereocenters. The van der Waals surface area contributed by atoms with Crippen molar-refractivity contribution in [3.05, 3.63) is 289 Å². The van der Waals surface area contributed by atoms with Crippen molar-refractivity contribution in [1.29, 1.82) is 0 Å². The molecule has 13 nitrogen and oxygen atoms in total. The van der Waals surface area contributed by atoms with Gasteiger partial charge in [0.1, 0.15) is 5.69 Å². The lowest BCUT2D eigenvalue weighted by Gasteiger charge is -2.20. The Hall–Kier alpha value is -11.7. The second-order valence-electron chi connectivity index (χ2n) is 20.3. The Morgan fingerprint density at radius 2 is 1.12 bits per heavy atom. The van der Waals surface area contributed by atoms with Crippen LogP contribution < -0.4 is 21.3 Å². The van der Waals surface area contributed by atoms with Crippen LogP contribution in [0.15, 0.2) is 292 Å². The van der Waals surface area contributed by atoms with Gasteiger partial charge in [-0.05, 0) is 168 Å². The largest absolute Gasteiger partial charge is 0.399 e. The summed E-state index contributed by atoms with van der Waals surface area (Å²) in [5.41, 5.74) is 21.6. The van der Waals surface area contributed by atoms with E-state index in [0.717, 1.165) is 89.3 Å². The average Bonchev–Trinajstić information content (AvgIpc) is 3.97. The van der Waals surface area contributed by atoms with Crippen LogP contribution in [0.25, 0.3) is 56.3 Å².